The second-order valence-corrected chi connectivity index (χ2v) is 3.86. The van der Waals surface area contributed by atoms with Gasteiger partial charge in [-0.15, -0.1) is 0 Å². The third-order valence-electron chi connectivity index (χ3n) is 2.07. The highest BCUT2D eigenvalue weighted by Gasteiger charge is 2.27. The molecule has 92 valence electrons. The first-order chi connectivity index (χ1) is 7.10. The van der Waals surface area contributed by atoms with Crippen LogP contribution >= 0.6 is 0 Å². The fourth-order valence-corrected chi connectivity index (χ4v) is 1.54. The lowest BCUT2D eigenvalue weighted by atomic mass is 10.3. The average Bonchev–Trinajstić information content (AvgIpc) is 2.16. The minimum atomic E-state index is -0.289. The van der Waals surface area contributed by atoms with Crippen LogP contribution in [0.5, 0.6) is 0 Å². The Bertz CT molecular complexity index is 134. The van der Waals surface area contributed by atoms with E-state index < -0.39 is 0 Å². The van der Waals surface area contributed by atoms with Gasteiger partial charge >= 0.3 is 0 Å². The average molecular weight is 217 g/mol. The second kappa shape index (κ2) is 8.05. The Morgan fingerprint density at radius 1 is 0.933 bits per heavy atom. The van der Waals surface area contributed by atoms with E-state index in [1.54, 1.807) is 0 Å². The zero-order chi connectivity index (χ0) is 11.7. The molecule has 0 aromatic rings. The molecule has 0 fully saturated rings. The van der Waals surface area contributed by atoms with Gasteiger partial charge < -0.3 is 4.74 Å². The van der Waals surface area contributed by atoms with Gasteiger partial charge in [-0.05, 0) is 33.5 Å². The normalized spacial score (nSPS) is 12.4. The van der Waals surface area contributed by atoms with Crippen LogP contribution in [0, 0.1) is 0 Å². The second-order valence-electron chi connectivity index (χ2n) is 3.86. The quantitative estimate of drug-likeness (QED) is 0.502. The zero-order valence-corrected chi connectivity index (χ0v) is 10.8. The molecule has 3 N–H and O–H groups in total. The molecule has 0 saturated carbocycles. The van der Waals surface area contributed by atoms with Crippen LogP contribution in [0.1, 0.15) is 34.6 Å². The highest BCUT2D eigenvalue weighted by Crippen LogP contribution is 2.00. The molecule has 0 aliphatic rings. The van der Waals surface area contributed by atoms with E-state index in [4.69, 9.17) is 4.74 Å². The molecule has 15 heavy (non-hydrogen) atoms. The molecule has 0 aliphatic carbocycles. The number of rotatable bonds is 9. The molecule has 0 amide bonds. The summed E-state index contributed by atoms with van der Waals surface area (Å²) >= 11 is 0. The van der Waals surface area contributed by atoms with Gasteiger partial charge in [-0.3, -0.25) is 16.0 Å². The molecule has 0 heterocycles. The molecule has 0 aliphatic heterocycles. The molecule has 0 spiro atoms. The largest absolute Gasteiger partial charge is 0.374 e. The van der Waals surface area contributed by atoms with Gasteiger partial charge in [0.25, 0.3) is 0 Å². The van der Waals surface area contributed by atoms with Crippen molar-refractivity contribution in [3.8, 4) is 0 Å². The van der Waals surface area contributed by atoms with E-state index >= 15 is 0 Å². The topological polar surface area (TPSA) is 45.3 Å². The predicted molar refractivity (Wildman–Crippen MR) is 64.8 cm³/mol. The lowest BCUT2D eigenvalue weighted by Crippen LogP contribution is -2.69. The molecule has 0 atom stereocenters. The summed E-state index contributed by atoms with van der Waals surface area (Å²) in [5.41, 5.74) is 0. The highest BCUT2D eigenvalue weighted by atomic mass is 16.5. The molecular formula is C11H27N3O. The van der Waals surface area contributed by atoms with E-state index in [-0.39, 0.29) is 11.9 Å². The number of ether oxygens (including phenoxy) is 1. The van der Waals surface area contributed by atoms with Gasteiger partial charge in [-0.25, -0.2) is 0 Å². The van der Waals surface area contributed by atoms with Crippen molar-refractivity contribution in [2.24, 2.45) is 0 Å². The van der Waals surface area contributed by atoms with E-state index in [1.165, 1.54) is 0 Å². The Hall–Kier alpha value is -0.160. The number of nitrogens with one attached hydrogen (secondary N) is 3. The third-order valence-corrected chi connectivity index (χ3v) is 2.07. The molecule has 0 saturated heterocycles. The first kappa shape index (κ1) is 14.8. The molecule has 0 aromatic heterocycles. The fraction of sp³-hybridized carbons (Fsp3) is 1.00. The van der Waals surface area contributed by atoms with Crippen LogP contribution < -0.4 is 16.0 Å². The van der Waals surface area contributed by atoms with Crippen LogP contribution in [0.2, 0.25) is 0 Å². The summed E-state index contributed by atoms with van der Waals surface area (Å²) in [4.78, 5) is 0. The van der Waals surface area contributed by atoms with Crippen molar-refractivity contribution in [3.05, 3.63) is 0 Å². The van der Waals surface area contributed by atoms with Crippen molar-refractivity contribution < 1.29 is 4.74 Å². The van der Waals surface area contributed by atoms with Crippen molar-refractivity contribution in [1.82, 2.24) is 16.0 Å². The molecule has 4 heteroatoms. The lowest BCUT2D eigenvalue weighted by molar-refractivity contribution is 0.00167. The monoisotopic (exact) mass is 217 g/mol. The summed E-state index contributed by atoms with van der Waals surface area (Å²) in [5.74, 6) is -0.289. The molecule has 0 unspecified atom stereocenters. The summed E-state index contributed by atoms with van der Waals surface area (Å²) in [6.45, 7) is 13.7. The molecule has 0 bridgehead atoms. The lowest BCUT2D eigenvalue weighted by Gasteiger charge is -2.36. The summed E-state index contributed by atoms with van der Waals surface area (Å²) < 4.78 is 5.68. The van der Waals surface area contributed by atoms with E-state index in [0.717, 1.165) is 19.6 Å². The summed E-state index contributed by atoms with van der Waals surface area (Å²) in [7, 11) is 0. The molecular weight excluding hydrogens is 190 g/mol. The minimum absolute atomic E-state index is 0.250. The van der Waals surface area contributed by atoms with Crippen molar-refractivity contribution in [3.63, 3.8) is 0 Å². The maximum absolute atomic E-state index is 5.68. The fourth-order valence-electron chi connectivity index (χ4n) is 1.54. The Morgan fingerprint density at radius 3 is 1.60 bits per heavy atom. The van der Waals surface area contributed by atoms with Crippen LogP contribution in [0.3, 0.4) is 0 Å². The Morgan fingerprint density at radius 2 is 1.33 bits per heavy atom. The van der Waals surface area contributed by atoms with E-state index in [9.17, 15) is 0 Å². The van der Waals surface area contributed by atoms with E-state index in [0.29, 0.717) is 6.61 Å². The van der Waals surface area contributed by atoms with Crippen molar-refractivity contribution >= 4 is 0 Å². The van der Waals surface area contributed by atoms with Gasteiger partial charge in [0.2, 0.25) is 0 Å². The van der Waals surface area contributed by atoms with Gasteiger partial charge in [0, 0.05) is 0 Å². The maximum atomic E-state index is 5.68. The molecule has 4 nitrogen and oxygen atoms in total. The van der Waals surface area contributed by atoms with Gasteiger partial charge in [0.15, 0.2) is 0 Å². The van der Waals surface area contributed by atoms with Gasteiger partial charge in [-0.2, -0.15) is 0 Å². The minimum Gasteiger partial charge on any atom is -0.374 e. The predicted octanol–water partition coefficient (Wildman–Crippen LogP) is 0.894. The van der Waals surface area contributed by atoms with E-state index in [2.05, 4.69) is 50.6 Å². The number of likely N-dealkylation sites (N-methyl/N-ethyl adjacent to an activating group) is 3. The Balaban J connectivity index is 4.31. The molecule has 0 radical (unpaired) electrons. The van der Waals surface area contributed by atoms with Gasteiger partial charge in [0.1, 0.15) is 5.79 Å². The van der Waals surface area contributed by atoms with Crippen LogP contribution in [0.25, 0.3) is 0 Å². The van der Waals surface area contributed by atoms with Crippen LogP contribution in [0.15, 0.2) is 0 Å². The maximum Gasteiger partial charge on any atom is 0.147 e. The van der Waals surface area contributed by atoms with Crippen molar-refractivity contribution in [2.45, 2.75) is 46.5 Å². The first-order valence-electron chi connectivity index (χ1n) is 5.96. The smallest absolute Gasteiger partial charge is 0.147 e. The highest BCUT2D eigenvalue weighted by molar-refractivity contribution is 4.81. The molecule has 0 rings (SSSR count). The summed E-state index contributed by atoms with van der Waals surface area (Å²) in [5, 5.41) is 10.2. The molecule has 0 aromatic carbocycles. The summed E-state index contributed by atoms with van der Waals surface area (Å²) in [6, 6.07) is 0. The van der Waals surface area contributed by atoms with Gasteiger partial charge in [0.05, 0.1) is 12.7 Å². The standard InChI is InChI=1S/C11H27N3O/c1-6-12-11(13-7-2,14-8-3)9-15-10(4)5/h10,12-14H,6-9H2,1-5H3. The van der Waals surface area contributed by atoms with Crippen LogP contribution in [-0.2, 0) is 4.74 Å². The van der Waals surface area contributed by atoms with Crippen LogP contribution in [-0.4, -0.2) is 38.1 Å². The number of hydrogen-bond acceptors (Lipinski definition) is 4. The Labute approximate surface area is 94.2 Å². The first-order valence-corrected chi connectivity index (χ1v) is 5.96. The van der Waals surface area contributed by atoms with E-state index in [1.807, 2.05) is 0 Å². The van der Waals surface area contributed by atoms with Gasteiger partial charge in [-0.1, -0.05) is 20.8 Å². The number of hydrogen-bond donors (Lipinski definition) is 3. The van der Waals surface area contributed by atoms with Crippen molar-refractivity contribution in [1.29, 1.82) is 0 Å². The summed E-state index contributed by atoms with van der Waals surface area (Å²) in [6.07, 6.45) is 0.250. The van der Waals surface area contributed by atoms with Crippen molar-refractivity contribution in [2.75, 3.05) is 26.2 Å². The SMILES string of the molecule is CCNC(COC(C)C)(NCC)NCC. The Kier molecular flexibility index (Phi) is 7.96. The van der Waals surface area contributed by atoms with Crippen LogP contribution in [0.4, 0.5) is 0 Å². The third kappa shape index (κ3) is 6.10. The zero-order valence-electron chi connectivity index (χ0n) is 10.8.